The largest absolute Gasteiger partial charge is 0.426 e. The lowest BCUT2D eigenvalue weighted by atomic mass is 10.2. The minimum Gasteiger partial charge on any atom is -0.426 e. The maximum absolute atomic E-state index is 5.61. The van der Waals surface area contributed by atoms with Gasteiger partial charge in [-0.2, -0.15) is 0 Å². The van der Waals surface area contributed by atoms with Gasteiger partial charge in [-0.15, -0.1) is 0 Å². The SMILES string of the molecule is CCC(CC)N[SiH]1CCCO[SiH2]1. The van der Waals surface area contributed by atoms with Gasteiger partial charge < -0.3 is 9.41 Å². The lowest BCUT2D eigenvalue weighted by Gasteiger charge is -2.25. The van der Waals surface area contributed by atoms with Gasteiger partial charge in [0.1, 0.15) is 8.48 Å². The highest BCUT2D eigenvalue weighted by atomic mass is 29.2. The molecule has 0 amide bonds. The average Bonchev–Trinajstić information content (AvgIpc) is 2.16. The zero-order chi connectivity index (χ0) is 8.81. The lowest BCUT2D eigenvalue weighted by molar-refractivity contribution is 0.333. The Kier molecular flexibility index (Phi) is 5.14. The molecule has 12 heavy (non-hydrogen) atoms. The van der Waals surface area contributed by atoms with E-state index in [0.717, 1.165) is 12.6 Å². The van der Waals surface area contributed by atoms with Gasteiger partial charge in [-0.25, -0.2) is 0 Å². The molecule has 1 atom stereocenters. The Hall–Kier alpha value is 0.354. The molecule has 4 heteroatoms. The van der Waals surface area contributed by atoms with Crippen molar-refractivity contribution in [3.05, 3.63) is 0 Å². The fourth-order valence-electron chi connectivity index (χ4n) is 1.73. The van der Waals surface area contributed by atoms with Gasteiger partial charge in [-0.1, -0.05) is 13.8 Å². The summed E-state index contributed by atoms with van der Waals surface area (Å²) in [6, 6.07) is 2.28. The summed E-state index contributed by atoms with van der Waals surface area (Å²) in [5.41, 5.74) is 0. The average molecular weight is 203 g/mol. The van der Waals surface area contributed by atoms with Gasteiger partial charge in [-0.05, 0) is 31.3 Å². The third-order valence-corrected chi connectivity index (χ3v) is 9.44. The summed E-state index contributed by atoms with van der Waals surface area (Å²) < 4.78 is 5.61. The van der Waals surface area contributed by atoms with Crippen LogP contribution in [-0.2, 0) is 4.43 Å². The highest BCUT2D eigenvalue weighted by Crippen LogP contribution is 2.05. The van der Waals surface area contributed by atoms with Crippen molar-refractivity contribution in [2.24, 2.45) is 0 Å². The summed E-state index contributed by atoms with van der Waals surface area (Å²) in [5.74, 6) is 0. The topological polar surface area (TPSA) is 21.3 Å². The van der Waals surface area contributed by atoms with Crippen LogP contribution in [0, 0.1) is 0 Å². The Bertz CT molecular complexity index is 114. The first-order chi connectivity index (χ1) is 5.86. The monoisotopic (exact) mass is 203 g/mol. The Balaban J connectivity index is 2.18. The second kappa shape index (κ2) is 5.91. The van der Waals surface area contributed by atoms with Crippen molar-refractivity contribution in [2.45, 2.75) is 45.2 Å². The Morgan fingerprint density at radius 3 is 2.75 bits per heavy atom. The van der Waals surface area contributed by atoms with Crippen molar-refractivity contribution < 1.29 is 4.43 Å². The molecule has 1 saturated heterocycles. The molecule has 0 saturated carbocycles. The summed E-state index contributed by atoms with van der Waals surface area (Å²) in [6.45, 7) is 5.61. The number of nitrogens with one attached hydrogen (secondary N) is 1. The molecule has 1 fully saturated rings. The third-order valence-electron chi connectivity index (χ3n) is 2.62. The summed E-state index contributed by atoms with van der Waals surface area (Å²) in [4.78, 5) is 3.83. The van der Waals surface area contributed by atoms with E-state index in [9.17, 15) is 0 Å². The van der Waals surface area contributed by atoms with Crippen LogP contribution in [0.2, 0.25) is 6.04 Å². The molecule has 0 bridgehead atoms. The van der Waals surface area contributed by atoms with Crippen molar-refractivity contribution in [2.75, 3.05) is 6.61 Å². The van der Waals surface area contributed by atoms with Gasteiger partial charge in [-0.3, -0.25) is 0 Å². The fraction of sp³-hybridized carbons (Fsp3) is 1.00. The number of hydrogen-bond donors (Lipinski definition) is 1. The lowest BCUT2D eigenvalue weighted by Crippen LogP contribution is -2.48. The molecule has 1 N–H and O–H groups in total. The van der Waals surface area contributed by atoms with Crippen LogP contribution in [0.15, 0.2) is 0 Å². The van der Waals surface area contributed by atoms with Crippen molar-refractivity contribution in [3.63, 3.8) is 0 Å². The summed E-state index contributed by atoms with van der Waals surface area (Å²) in [6.07, 6.45) is 3.89. The molecule has 0 aliphatic carbocycles. The van der Waals surface area contributed by atoms with Gasteiger partial charge in [0.2, 0.25) is 0 Å². The zero-order valence-corrected chi connectivity index (χ0v) is 10.9. The van der Waals surface area contributed by atoms with Crippen LogP contribution in [0.5, 0.6) is 0 Å². The van der Waals surface area contributed by atoms with E-state index in [0.29, 0.717) is 0 Å². The highest BCUT2D eigenvalue weighted by Gasteiger charge is 2.18. The van der Waals surface area contributed by atoms with Gasteiger partial charge in [0.25, 0.3) is 0 Å². The van der Waals surface area contributed by atoms with E-state index in [-0.39, 0.29) is 9.28 Å². The van der Waals surface area contributed by atoms with Crippen LogP contribution in [0.4, 0.5) is 0 Å². The molecule has 0 aromatic rings. The van der Waals surface area contributed by atoms with E-state index in [1.165, 1.54) is 25.3 Å². The molecule has 0 spiro atoms. The van der Waals surface area contributed by atoms with E-state index in [2.05, 4.69) is 18.8 Å². The molecule has 1 unspecified atom stereocenters. The minimum atomic E-state index is -0.553. The minimum absolute atomic E-state index is 0.111. The van der Waals surface area contributed by atoms with Crippen LogP contribution in [0.25, 0.3) is 0 Å². The van der Waals surface area contributed by atoms with Crippen LogP contribution >= 0.6 is 0 Å². The maximum atomic E-state index is 5.61. The standard InChI is InChI=1S/C8H21NOSi2/c1-3-8(4-2)9-12-7-5-6-10-11-12/h8-9,12H,3-7,11H2,1-2H3. The number of hydrogen-bond acceptors (Lipinski definition) is 2. The predicted octanol–water partition coefficient (Wildman–Crippen LogP) is 0.489. The van der Waals surface area contributed by atoms with Crippen LogP contribution in [-0.4, -0.2) is 30.4 Å². The summed E-state index contributed by atoms with van der Waals surface area (Å²) in [7, 11) is -0.664. The normalized spacial score (nSPS) is 26.8. The van der Waals surface area contributed by atoms with E-state index < -0.39 is 8.48 Å². The zero-order valence-electron chi connectivity index (χ0n) is 8.31. The Morgan fingerprint density at radius 1 is 1.50 bits per heavy atom. The predicted molar refractivity (Wildman–Crippen MR) is 58.6 cm³/mol. The second-order valence-corrected chi connectivity index (χ2v) is 10.6. The first-order valence-electron chi connectivity index (χ1n) is 5.20. The van der Waals surface area contributed by atoms with Crippen molar-refractivity contribution in [1.82, 2.24) is 4.98 Å². The van der Waals surface area contributed by atoms with E-state index in [1.54, 1.807) is 0 Å². The van der Waals surface area contributed by atoms with E-state index in [1.807, 2.05) is 0 Å². The molecule has 0 aromatic heterocycles. The van der Waals surface area contributed by atoms with Crippen LogP contribution < -0.4 is 4.98 Å². The molecule has 72 valence electrons. The molecule has 1 aliphatic rings. The Morgan fingerprint density at radius 2 is 2.25 bits per heavy atom. The molecule has 0 aromatic carbocycles. The molecule has 0 radical (unpaired) electrons. The summed E-state index contributed by atoms with van der Waals surface area (Å²) >= 11 is 0. The fourth-order valence-corrected chi connectivity index (χ4v) is 8.62. The molecule has 1 rings (SSSR count). The summed E-state index contributed by atoms with van der Waals surface area (Å²) in [5, 5.41) is 0. The first kappa shape index (κ1) is 10.4. The maximum Gasteiger partial charge on any atom is 0.164 e. The third kappa shape index (κ3) is 3.39. The molecule has 1 aliphatic heterocycles. The molecular weight excluding hydrogens is 182 g/mol. The molecule has 1 heterocycles. The van der Waals surface area contributed by atoms with Crippen molar-refractivity contribution in [1.29, 1.82) is 0 Å². The quantitative estimate of drug-likeness (QED) is 0.672. The van der Waals surface area contributed by atoms with Gasteiger partial charge >= 0.3 is 0 Å². The van der Waals surface area contributed by atoms with E-state index >= 15 is 0 Å². The van der Waals surface area contributed by atoms with Gasteiger partial charge in [0, 0.05) is 6.61 Å². The van der Waals surface area contributed by atoms with Crippen molar-refractivity contribution >= 4 is 17.8 Å². The molecule has 2 nitrogen and oxygen atoms in total. The van der Waals surface area contributed by atoms with Gasteiger partial charge in [0.05, 0.1) is 0 Å². The van der Waals surface area contributed by atoms with Crippen LogP contribution in [0.3, 0.4) is 0 Å². The second-order valence-electron chi connectivity index (χ2n) is 3.59. The molecular formula is C8H21NOSi2. The Labute approximate surface area is 79.5 Å². The van der Waals surface area contributed by atoms with Crippen LogP contribution in [0.1, 0.15) is 33.1 Å². The van der Waals surface area contributed by atoms with E-state index in [4.69, 9.17) is 4.43 Å². The van der Waals surface area contributed by atoms with Gasteiger partial charge in [0.15, 0.2) is 9.28 Å². The smallest absolute Gasteiger partial charge is 0.164 e. The first-order valence-corrected chi connectivity index (χ1v) is 10.4. The number of rotatable bonds is 4. The highest BCUT2D eigenvalue weighted by molar-refractivity contribution is 7.08. The van der Waals surface area contributed by atoms with Crippen molar-refractivity contribution in [3.8, 4) is 0 Å².